The van der Waals surface area contributed by atoms with E-state index in [1.807, 2.05) is 0 Å². The molecule has 1 saturated heterocycles. The zero-order chi connectivity index (χ0) is 17.6. The molecule has 0 aromatic carbocycles. The van der Waals surface area contributed by atoms with Crippen LogP contribution in [0.4, 0.5) is 0 Å². The summed E-state index contributed by atoms with van der Waals surface area (Å²) in [5.74, 6) is 0.351. The third kappa shape index (κ3) is 3.85. The Balaban J connectivity index is 2.64. The van der Waals surface area contributed by atoms with Gasteiger partial charge in [-0.05, 0) is 29.6 Å². The molecule has 1 unspecified atom stereocenters. The molecule has 130 valence electrons. The number of amides is 1. The molecule has 1 rings (SSSR count). The Hall–Kier alpha value is -0.136. The zero-order valence-corrected chi connectivity index (χ0v) is 18.5. The molecule has 1 amide bonds. The second-order valence-electron chi connectivity index (χ2n) is 9.83. The van der Waals surface area contributed by atoms with Crippen molar-refractivity contribution in [2.24, 2.45) is 0 Å². The van der Waals surface area contributed by atoms with Gasteiger partial charge < -0.3 is 8.99 Å². The molecular formula is C17H37NO2Si2. The molecule has 5 heteroatoms. The molecule has 0 aliphatic carbocycles. The summed E-state index contributed by atoms with van der Waals surface area (Å²) < 4.78 is 8.54. The minimum atomic E-state index is -1.74. The molecule has 1 fully saturated rings. The highest BCUT2D eigenvalue weighted by Crippen LogP contribution is 2.43. The van der Waals surface area contributed by atoms with Crippen molar-refractivity contribution in [3.8, 4) is 0 Å². The number of β-lactam (4-membered cyclic amide) rings is 1. The second-order valence-corrected chi connectivity index (χ2v) is 19.7. The smallest absolute Gasteiger partial charge is 0.216 e. The Morgan fingerprint density at radius 1 is 1.05 bits per heavy atom. The molecule has 0 aromatic rings. The van der Waals surface area contributed by atoms with Gasteiger partial charge in [-0.25, -0.2) is 0 Å². The lowest BCUT2D eigenvalue weighted by Crippen LogP contribution is -2.68. The molecule has 0 bridgehead atoms. The highest BCUT2D eigenvalue weighted by molar-refractivity contribution is 6.80. The summed E-state index contributed by atoms with van der Waals surface area (Å²) in [5.41, 5.74) is 0. The van der Waals surface area contributed by atoms with Crippen molar-refractivity contribution >= 4 is 22.5 Å². The molecule has 1 atom stereocenters. The molecule has 0 radical (unpaired) electrons. The first kappa shape index (κ1) is 19.9. The highest BCUT2D eigenvalue weighted by atomic mass is 28.4. The third-order valence-electron chi connectivity index (χ3n) is 6.20. The van der Waals surface area contributed by atoms with E-state index in [1.165, 1.54) is 0 Å². The van der Waals surface area contributed by atoms with Gasteiger partial charge in [-0.3, -0.25) is 4.79 Å². The predicted octanol–water partition coefficient (Wildman–Crippen LogP) is 5.00. The molecule has 1 aliphatic heterocycles. The predicted molar refractivity (Wildman–Crippen MR) is 100 cm³/mol. The van der Waals surface area contributed by atoms with Crippen LogP contribution in [0, 0.1) is 0 Å². The Kier molecular flexibility index (Phi) is 5.48. The molecule has 0 spiro atoms. The van der Waals surface area contributed by atoms with Crippen LogP contribution in [0.2, 0.25) is 36.3 Å². The molecule has 0 aromatic heterocycles. The van der Waals surface area contributed by atoms with E-state index in [0.29, 0.717) is 18.4 Å². The first-order chi connectivity index (χ1) is 9.61. The van der Waals surface area contributed by atoms with Crippen molar-refractivity contribution in [1.82, 2.24) is 4.57 Å². The minimum absolute atomic E-state index is 0.210. The summed E-state index contributed by atoms with van der Waals surface area (Å²) in [6.45, 7) is 23.7. The van der Waals surface area contributed by atoms with Gasteiger partial charge in [0.2, 0.25) is 5.91 Å². The van der Waals surface area contributed by atoms with Crippen LogP contribution < -0.4 is 0 Å². The number of carbonyl (C=O) groups excluding carboxylic acids is 1. The van der Waals surface area contributed by atoms with Crippen LogP contribution in [-0.4, -0.2) is 39.7 Å². The number of hydrogen-bond donors (Lipinski definition) is 0. The highest BCUT2D eigenvalue weighted by Gasteiger charge is 2.51. The van der Waals surface area contributed by atoms with E-state index in [4.69, 9.17) is 4.43 Å². The fraction of sp³-hybridized carbons (Fsp3) is 0.941. The van der Waals surface area contributed by atoms with Gasteiger partial charge in [0.25, 0.3) is 0 Å². The van der Waals surface area contributed by atoms with Crippen molar-refractivity contribution in [1.29, 1.82) is 0 Å². The number of carbonyl (C=O) groups is 1. The lowest BCUT2D eigenvalue weighted by molar-refractivity contribution is -0.139. The Morgan fingerprint density at radius 3 is 1.91 bits per heavy atom. The Bertz CT molecular complexity index is 419. The van der Waals surface area contributed by atoms with Crippen LogP contribution >= 0.6 is 0 Å². The van der Waals surface area contributed by atoms with Crippen LogP contribution in [0.3, 0.4) is 0 Å². The summed E-state index contributed by atoms with van der Waals surface area (Å²) in [6.07, 6.45) is 1.71. The standard InChI is InChI=1S/C17H37NO2Si2/c1-16(2,3)21(7,8)18-14(13-15(18)19)11-12-20-22(9,10)17(4,5)6/h14H,11-13H2,1-10H3. The Labute approximate surface area is 140 Å². The van der Waals surface area contributed by atoms with E-state index in [1.54, 1.807) is 0 Å². The van der Waals surface area contributed by atoms with Crippen LogP contribution in [0.25, 0.3) is 0 Å². The fourth-order valence-electron chi connectivity index (χ4n) is 2.51. The molecule has 22 heavy (non-hydrogen) atoms. The lowest BCUT2D eigenvalue weighted by Gasteiger charge is -2.55. The molecule has 1 heterocycles. The summed E-state index contributed by atoms with van der Waals surface area (Å²) in [6, 6.07) is 0.401. The molecule has 0 saturated carbocycles. The third-order valence-corrected chi connectivity index (χ3v) is 16.2. The van der Waals surface area contributed by atoms with Gasteiger partial charge in [0, 0.05) is 19.1 Å². The van der Waals surface area contributed by atoms with Crippen LogP contribution in [0.1, 0.15) is 54.4 Å². The minimum Gasteiger partial charge on any atom is -0.417 e. The van der Waals surface area contributed by atoms with Gasteiger partial charge in [0.05, 0.1) is 0 Å². The van der Waals surface area contributed by atoms with Crippen LogP contribution in [0.15, 0.2) is 0 Å². The second kappa shape index (κ2) is 6.06. The molecule has 3 nitrogen and oxygen atoms in total. The summed E-state index contributed by atoms with van der Waals surface area (Å²) in [4.78, 5) is 12.2. The quantitative estimate of drug-likeness (QED) is 0.519. The maximum atomic E-state index is 12.2. The number of nitrogens with zero attached hydrogens (tertiary/aromatic N) is 1. The van der Waals surface area contributed by atoms with Crippen LogP contribution in [-0.2, 0) is 9.22 Å². The van der Waals surface area contributed by atoms with Crippen LogP contribution in [0.5, 0.6) is 0 Å². The van der Waals surface area contributed by atoms with Gasteiger partial charge in [0.1, 0.15) is 0 Å². The molecule has 0 N–H and O–H groups in total. The Morgan fingerprint density at radius 2 is 1.55 bits per heavy atom. The van der Waals surface area contributed by atoms with Crippen molar-refractivity contribution in [2.75, 3.05) is 6.61 Å². The number of rotatable bonds is 5. The normalized spacial score (nSPS) is 21.1. The van der Waals surface area contributed by atoms with Crippen molar-refractivity contribution in [2.45, 2.75) is 96.7 Å². The van der Waals surface area contributed by atoms with Crippen molar-refractivity contribution in [3.63, 3.8) is 0 Å². The maximum absolute atomic E-state index is 12.2. The molecular weight excluding hydrogens is 306 g/mol. The lowest BCUT2D eigenvalue weighted by atomic mass is 10.0. The van der Waals surface area contributed by atoms with Crippen molar-refractivity contribution < 1.29 is 9.22 Å². The largest absolute Gasteiger partial charge is 0.417 e. The van der Waals surface area contributed by atoms with Gasteiger partial charge >= 0.3 is 0 Å². The summed E-state index contributed by atoms with van der Waals surface area (Å²) >= 11 is 0. The van der Waals surface area contributed by atoms with Gasteiger partial charge in [-0.15, -0.1) is 0 Å². The van der Waals surface area contributed by atoms with E-state index in [-0.39, 0.29) is 10.1 Å². The van der Waals surface area contributed by atoms with E-state index >= 15 is 0 Å². The topological polar surface area (TPSA) is 29.5 Å². The monoisotopic (exact) mass is 343 g/mol. The molecule has 1 aliphatic rings. The summed E-state index contributed by atoms with van der Waals surface area (Å²) in [7, 11) is -3.41. The zero-order valence-electron chi connectivity index (χ0n) is 16.5. The average Bonchev–Trinajstić information content (AvgIpc) is 2.23. The number of hydrogen-bond acceptors (Lipinski definition) is 2. The van der Waals surface area contributed by atoms with E-state index in [2.05, 4.69) is 72.3 Å². The van der Waals surface area contributed by atoms with Gasteiger partial charge in [-0.1, -0.05) is 54.6 Å². The van der Waals surface area contributed by atoms with Gasteiger partial charge in [0.15, 0.2) is 16.6 Å². The van der Waals surface area contributed by atoms with E-state index in [0.717, 1.165) is 13.0 Å². The summed E-state index contributed by atoms with van der Waals surface area (Å²) in [5, 5.41) is 0.461. The van der Waals surface area contributed by atoms with Gasteiger partial charge in [-0.2, -0.15) is 0 Å². The maximum Gasteiger partial charge on any atom is 0.216 e. The van der Waals surface area contributed by atoms with Crippen molar-refractivity contribution in [3.05, 3.63) is 0 Å². The fourth-order valence-corrected chi connectivity index (χ4v) is 6.14. The first-order valence-corrected chi connectivity index (χ1v) is 14.4. The average molecular weight is 344 g/mol. The van der Waals surface area contributed by atoms with E-state index < -0.39 is 16.6 Å². The SMILES string of the molecule is CC(C)(C)[Si](C)(C)OCCC1CC(=O)N1[Si](C)(C)C(C)(C)C. The first-order valence-electron chi connectivity index (χ1n) is 8.57. The van der Waals surface area contributed by atoms with E-state index in [9.17, 15) is 4.79 Å².